The lowest BCUT2D eigenvalue weighted by Gasteiger charge is -2.16. The van der Waals surface area contributed by atoms with E-state index in [0.717, 1.165) is 25.3 Å². The second-order valence-electron chi connectivity index (χ2n) is 4.31. The van der Waals surface area contributed by atoms with Gasteiger partial charge in [-0.1, -0.05) is 13.8 Å². The molecule has 0 heterocycles. The molecule has 0 bridgehead atoms. The quantitative estimate of drug-likeness (QED) is 0.359. The van der Waals surface area contributed by atoms with Crippen LogP contribution in [0.1, 0.15) is 19.4 Å². The van der Waals surface area contributed by atoms with Gasteiger partial charge in [0.25, 0.3) is 0 Å². The van der Waals surface area contributed by atoms with Crippen LogP contribution in [-0.4, -0.2) is 37.0 Å². The third kappa shape index (κ3) is 5.94. The van der Waals surface area contributed by atoms with Crippen LogP contribution < -0.4 is 10.6 Å². The maximum Gasteiger partial charge on any atom is 0.209 e. The van der Waals surface area contributed by atoms with Gasteiger partial charge in [0.1, 0.15) is 0 Å². The molecule has 0 aliphatic carbocycles. The fraction of sp³-hybridized carbons (Fsp3) is 0.400. The molecular formula is C15H20N6. The minimum atomic E-state index is 0.411. The van der Waals surface area contributed by atoms with E-state index in [1.165, 1.54) is 0 Å². The van der Waals surface area contributed by atoms with Crippen molar-refractivity contribution in [3.63, 3.8) is 0 Å². The lowest BCUT2D eigenvalue weighted by Crippen LogP contribution is -2.30. The first-order valence-corrected chi connectivity index (χ1v) is 6.92. The standard InChI is InChI=1S/C15H20N6/c1-3-21(4-2)10-9-18-15(19-12-17)20-14-7-5-13(11-16)6-8-14/h5-8H,3-4,9-10H2,1-2H3,(H2,18,19,20). The van der Waals surface area contributed by atoms with Crippen molar-refractivity contribution in [2.45, 2.75) is 13.8 Å². The van der Waals surface area contributed by atoms with Crippen LogP contribution in [0.3, 0.4) is 0 Å². The van der Waals surface area contributed by atoms with Gasteiger partial charge in [-0.05, 0) is 37.4 Å². The van der Waals surface area contributed by atoms with Gasteiger partial charge in [-0.15, -0.1) is 0 Å². The van der Waals surface area contributed by atoms with E-state index < -0.39 is 0 Å². The minimum Gasteiger partial charge on any atom is -0.326 e. The van der Waals surface area contributed by atoms with Crippen LogP contribution in [0.15, 0.2) is 29.3 Å². The Kier molecular flexibility index (Phi) is 7.34. The zero-order valence-electron chi connectivity index (χ0n) is 12.4. The second kappa shape index (κ2) is 9.35. The smallest absolute Gasteiger partial charge is 0.209 e. The predicted octanol–water partition coefficient (Wildman–Crippen LogP) is 1.74. The van der Waals surface area contributed by atoms with Crippen molar-refractivity contribution in [2.75, 3.05) is 31.5 Å². The average Bonchev–Trinajstić information content (AvgIpc) is 2.52. The molecule has 6 nitrogen and oxygen atoms in total. The largest absolute Gasteiger partial charge is 0.326 e. The fourth-order valence-electron chi connectivity index (χ4n) is 1.77. The number of hydrogen-bond acceptors (Lipinski definition) is 4. The van der Waals surface area contributed by atoms with Crippen LogP contribution in [-0.2, 0) is 0 Å². The molecule has 0 atom stereocenters. The third-order valence-corrected chi connectivity index (χ3v) is 3.03. The van der Waals surface area contributed by atoms with Crippen LogP contribution in [0.25, 0.3) is 0 Å². The Bertz CT molecular complexity index is 531. The van der Waals surface area contributed by atoms with Crippen LogP contribution in [0.2, 0.25) is 0 Å². The summed E-state index contributed by atoms with van der Waals surface area (Å²) in [5.41, 5.74) is 1.37. The van der Waals surface area contributed by atoms with E-state index in [9.17, 15) is 0 Å². The molecule has 6 heteroatoms. The number of anilines is 1. The molecule has 0 aliphatic rings. The Labute approximate surface area is 125 Å². The molecule has 0 amide bonds. The van der Waals surface area contributed by atoms with Gasteiger partial charge in [0.2, 0.25) is 5.96 Å². The first kappa shape index (κ1) is 16.5. The summed E-state index contributed by atoms with van der Waals surface area (Å²) < 4.78 is 0. The normalized spacial score (nSPS) is 10.8. The number of nitrogens with zero attached hydrogens (tertiary/aromatic N) is 4. The van der Waals surface area contributed by atoms with Crippen molar-refractivity contribution in [1.82, 2.24) is 10.2 Å². The average molecular weight is 284 g/mol. The highest BCUT2D eigenvalue weighted by atomic mass is 15.2. The summed E-state index contributed by atoms with van der Waals surface area (Å²) in [5.74, 6) is 0.411. The first-order chi connectivity index (χ1) is 10.2. The molecule has 0 aliphatic heterocycles. The number of rotatable bonds is 6. The molecule has 1 rings (SSSR count). The van der Waals surface area contributed by atoms with Crippen molar-refractivity contribution in [3.8, 4) is 12.3 Å². The summed E-state index contributed by atoms with van der Waals surface area (Å²) in [6.07, 6.45) is 1.87. The molecule has 1 aromatic rings. The van der Waals surface area contributed by atoms with E-state index >= 15 is 0 Å². The Morgan fingerprint density at radius 1 is 1.19 bits per heavy atom. The molecule has 0 unspecified atom stereocenters. The molecule has 0 radical (unpaired) electrons. The zero-order chi connectivity index (χ0) is 15.5. The van der Waals surface area contributed by atoms with Gasteiger partial charge >= 0.3 is 0 Å². The zero-order valence-corrected chi connectivity index (χ0v) is 12.4. The summed E-state index contributed by atoms with van der Waals surface area (Å²) in [6, 6.07) is 9.03. The van der Waals surface area contributed by atoms with E-state index in [0.29, 0.717) is 18.1 Å². The number of hydrogen-bond donors (Lipinski definition) is 2. The van der Waals surface area contributed by atoms with E-state index in [-0.39, 0.29) is 0 Å². The summed E-state index contributed by atoms with van der Waals surface area (Å²) in [7, 11) is 0. The molecule has 21 heavy (non-hydrogen) atoms. The Morgan fingerprint density at radius 3 is 2.38 bits per heavy atom. The molecule has 2 N–H and O–H groups in total. The predicted molar refractivity (Wildman–Crippen MR) is 83.6 cm³/mol. The highest BCUT2D eigenvalue weighted by Gasteiger charge is 2.01. The van der Waals surface area contributed by atoms with Gasteiger partial charge in [-0.2, -0.15) is 10.5 Å². The van der Waals surface area contributed by atoms with Crippen molar-refractivity contribution < 1.29 is 0 Å². The van der Waals surface area contributed by atoms with Crippen LogP contribution in [0, 0.1) is 22.8 Å². The third-order valence-electron chi connectivity index (χ3n) is 3.03. The lowest BCUT2D eigenvalue weighted by molar-refractivity contribution is 0.313. The number of nitriles is 2. The Hall–Kier alpha value is -2.57. The van der Waals surface area contributed by atoms with Crippen molar-refractivity contribution >= 4 is 11.6 Å². The van der Waals surface area contributed by atoms with Gasteiger partial charge in [-0.3, -0.25) is 10.3 Å². The summed E-state index contributed by atoms with van der Waals surface area (Å²) >= 11 is 0. The highest BCUT2D eigenvalue weighted by molar-refractivity contribution is 5.94. The molecule has 1 aromatic carbocycles. The Balaban J connectivity index is 2.63. The lowest BCUT2D eigenvalue weighted by atomic mass is 10.2. The van der Waals surface area contributed by atoms with Gasteiger partial charge in [0.15, 0.2) is 6.19 Å². The minimum absolute atomic E-state index is 0.411. The fourth-order valence-corrected chi connectivity index (χ4v) is 1.77. The van der Waals surface area contributed by atoms with E-state index in [4.69, 9.17) is 10.5 Å². The monoisotopic (exact) mass is 284 g/mol. The Morgan fingerprint density at radius 2 is 1.86 bits per heavy atom. The van der Waals surface area contributed by atoms with Gasteiger partial charge in [-0.25, -0.2) is 0 Å². The van der Waals surface area contributed by atoms with Crippen LogP contribution in [0.5, 0.6) is 0 Å². The van der Waals surface area contributed by atoms with E-state index in [1.807, 2.05) is 6.19 Å². The van der Waals surface area contributed by atoms with Crippen molar-refractivity contribution in [2.24, 2.45) is 4.99 Å². The molecule has 110 valence electrons. The topological polar surface area (TPSA) is 87.2 Å². The SMILES string of the molecule is CCN(CC)CCN=C(NC#N)Nc1ccc(C#N)cc1. The molecule has 0 fully saturated rings. The molecule has 0 saturated carbocycles. The number of likely N-dealkylation sites (N-methyl/N-ethyl adjacent to an activating group) is 1. The van der Waals surface area contributed by atoms with E-state index in [2.05, 4.69) is 40.4 Å². The van der Waals surface area contributed by atoms with Gasteiger partial charge in [0, 0.05) is 12.2 Å². The first-order valence-electron chi connectivity index (χ1n) is 6.92. The number of benzene rings is 1. The van der Waals surface area contributed by atoms with Crippen molar-refractivity contribution in [3.05, 3.63) is 29.8 Å². The molecular weight excluding hydrogens is 264 g/mol. The molecule has 0 spiro atoms. The summed E-state index contributed by atoms with van der Waals surface area (Å²) in [6.45, 7) is 7.63. The number of aliphatic imine (C=N–C) groups is 1. The molecule has 0 saturated heterocycles. The van der Waals surface area contributed by atoms with E-state index in [1.54, 1.807) is 24.3 Å². The maximum absolute atomic E-state index is 8.76. The van der Waals surface area contributed by atoms with Gasteiger partial charge in [0.05, 0.1) is 18.2 Å². The summed E-state index contributed by atoms with van der Waals surface area (Å²) in [4.78, 5) is 6.61. The van der Waals surface area contributed by atoms with Crippen LogP contribution >= 0.6 is 0 Å². The highest BCUT2D eigenvalue weighted by Crippen LogP contribution is 2.08. The number of nitrogens with one attached hydrogen (secondary N) is 2. The summed E-state index contributed by atoms with van der Waals surface area (Å²) in [5, 5.41) is 23.1. The maximum atomic E-state index is 8.76. The number of guanidine groups is 1. The second-order valence-corrected chi connectivity index (χ2v) is 4.31. The van der Waals surface area contributed by atoms with Crippen molar-refractivity contribution in [1.29, 1.82) is 10.5 Å². The molecule has 0 aromatic heterocycles. The van der Waals surface area contributed by atoms with Gasteiger partial charge < -0.3 is 10.2 Å². The van der Waals surface area contributed by atoms with Crippen LogP contribution in [0.4, 0.5) is 5.69 Å².